The number of ketones is 1. The third kappa shape index (κ3) is 3.88. The van der Waals surface area contributed by atoms with Crippen LogP contribution in [0.3, 0.4) is 0 Å². The minimum absolute atomic E-state index is 0.0321. The molecule has 1 aliphatic carbocycles. The zero-order valence-electron chi connectivity index (χ0n) is 15.4. The number of nitrogens with two attached hydrogens (primary N) is 1. The van der Waals surface area contributed by atoms with Gasteiger partial charge in [0.1, 0.15) is 11.5 Å². The maximum Gasteiger partial charge on any atom is 0.238 e. The Labute approximate surface area is 164 Å². The minimum atomic E-state index is -3.73. The topological polar surface area (TPSA) is 86.5 Å². The predicted molar refractivity (Wildman–Crippen MR) is 105 cm³/mol. The summed E-state index contributed by atoms with van der Waals surface area (Å²) < 4.78 is 28.2. The van der Waals surface area contributed by atoms with E-state index in [0.29, 0.717) is 10.8 Å². The number of hydrogen-bond donors (Lipinski definition) is 1. The van der Waals surface area contributed by atoms with Crippen LogP contribution < -0.4 is 9.88 Å². The number of benzene rings is 2. The number of halogens is 1. The van der Waals surface area contributed by atoms with Crippen LogP contribution in [-0.2, 0) is 21.2 Å². The Hall–Kier alpha value is -1.89. The monoisotopic (exact) mass is 407 g/mol. The summed E-state index contributed by atoms with van der Waals surface area (Å²) in [6.07, 6.45) is 0.240. The van der Waals surface area contributed by atoms with Gasteiger partial charge < -0.3 is 4.74 Å². The average Bonchev–Trinajstić information content (AvgIpc) is 3.17. The average molecular weight is 408 g/mol. The molecule has 1 aliphatic rings. The van der Waals surface area contributed by atoms with Crippen molar-refractivity contribution in [2.75, 3.05) is 7.11 Å². The number of carbonyl (C=O) groups is 1. The molecule has 0 spiro atoms. The number of methoxy groups -OCH3 is 1. The van der Waals surface area contributed by atoms with Crippen LogP contribution in [0, 0.1) is 11.3 Å². The normalized spacial score (nSPS) is 20.9. The first-order valence-electron chi connectivity index (χ1n) is 8.53. The molecule has 0 radical (unpaired) electrons. The summed E-state index contributed by atoms with van der Waals surface area (Å²) in [5.74, 6) is 0.632. The molecule has 0 bridgehead atoms. The lowest BCUT2D eigenvalue weighted by Crippen LogP contribution is -2.12. The fourth-order valence-corrected chi connectivity index (χ4v) is 4.62. The largest absolute Gasteiger partial charge is 0.496 e. The first-order valence-corrected chi connectivity index (χ1v) is 10.5. The van der Waals surface area contributed by atoms with Crippen molar-refractivity contribution in [3.05, 3.63) is 58.6 Å². The van der Waals surface area contributed by atoms with Gasteiger partial charge in [0.15, 0.2) is 0 Å². The van der Waals surface area contributed by atoms with Gasteiger partial charge in [0.2, 0.25) is 10.0 Å². The van der Waals surface area contributed by atoms with E-state index >= 15 is 0 Å². The summed E-state index contributed by atoms with van der Waals surface area (Å²) in [5, 5.41) is 5.71. The maximum absolute atomic E-state index is 13.0. The SMILES string of the molecule is COc1ccc(Cl)cc1CC(=O)[C@H]1[C@H](c2ccc(S(N)(=O)=O)cc2)C1(C)C. The summed E-state index contributed by atoms with van der Waals surface area (Å²) in [4.78, 5) is 13.0. The highest BCUT2D eigenvalue weighted by atomic mass is 35.5. The Morgan fingerprint density at radius 3 is 2.37 bits per heavy atom. The highest BCUT2D eigenvalue weighted by molar-refractivity contribution is 7.89. The van der Waals surface area contributed by atoms with E-state index in [1.165, 1.54) is 12.1 Å². The second kappa shape index (κ2) is 6.93. The van der Waals surface area contributed by atoms with E-state index in [4.69, 9.17) is 21.5 Å². The van der Waals surface area contributed by atoms with E-state index in [-0.39, 0.29) is 34.4 Å². The molecule has 0 aromatic heterocycles. The van der Waals surface area contributed by atoms with Gasteiger partial charge in [-0.2, -0.15) is 0 Å². The Kier molecular flexibility index (Phi) is 5.10. The fourth-order valence-electron chi connectivity index (χ4n) is 3.91. The van der Waals surface area contributed by atoms with E-state index in [2.05, 4.69) is 0 Å². The van der Waals surface area contributed by atoms with Crippen LogP contribution in [0.4, 0.5) is 0 Å². The summed E-state index contributed by atoms with van der Waals surface area (Å²) in [5.41, 5.74) is 1.50. The van der Waals surface area contributed by atoms with E-state index in [0.717, 1.165) is 11.1 Å². The van der Waals surface area contributed by atoms with Gasteiger partial charge in [-0.3, -0.25) is 4.79 Å². The molecule has 7 heteroatoms. The van der Waals surface area contributed by atoms with Crippen molar-refractivity contribution in [1.29, 1.82) is 0 Å². The third-order valence-corrected chi connectivity index (χ3v) is 6.51. The molecule has 144 valence electrons. The molecule has 2 aromatic carbocycles. The molecule has 2 aromatic rings. The zero-order valence-corrected chi connectivity index (χ0v) is 17.0. The quantitative estimate of drug-likeness (QED) is 0.793. The lowest BCUT2D eigenvalue weighted by atomic mass is 10.0. The van der Waals surface area contributed by atoms with Crippen LogP contribution in [0.15, 0.2) is 47.4 Å². The van der Waals surface area contributed by atoms with Crippen molar-refractivity contribution in [2.24, 2.45) is 16.5 Å². The highest BCUT2D eigenvalue weighted by Crippen LogP contribution is 2.65. The van der Waals surface area contributed by atoms with E-state index in [1.54, 1.807) is 37.4 Å². The standard InChI is InChI=1S/C20H22ClNO4S/c1-20(2)18(12-4-7-15(8-5-12)27(22,24)25)19(20)16(23)11-13-10-14(21)6-9-17(13)26-3/h4-10,18-19H,11H2,1-3H3,(H2,22,24,25)/t18-,19-/m0/s1. The van der Waals surface area contributed by atoms with E-state index in [1.807, 2.05) is 13.8 Å². The first-order chi connectivity index (χ1) is 12.6. The molecule has 0 saturated heterocycles. The van der Waals surface area contributed by atoms with Gasteiger partial charge in [0, 0.05) is 22.9 Å². The molecule has 0 aliphatic heterocycles. The molecule has 0 heterocycles. The van der Waals surface area contributed by atoms with Crippen LogP contribution in [0.1, 0.15) is 30.9 Å². The second-order valence-corrected chi connectivity index (χ2v) is 9.49. The highest BCUT2D eigenvalue weighted by Gasteiger charge is 2.61. The van der Waals surface area contributed by atoms with Gasteiger partial charge in [0.05, 0.1) is 12.0 Å². The molecular weight excluding hydrogens is 386 g/mol. The van der Waals surface area contributed by atoms with Gasteiger partial charge in [-0.25, -0.2) is 13.6 Å². The Morgan fingerprint density at radius 1 is 1.19 bits per heavy atom. The summed E-state index contributed by atoms with van der Waals surface area (Å²) >= 11 is 6.06. The lowest BCUT2D eigenvalue weighted by Gasteiger charge is -2.09. The molecule has 3 rings (SSSR count). The molecule has 27 heavy (non-hydrogen) atoms. The number of hydrogen-bond acceptors (Lipinski definition) is 4. The van der Waals surface area contributed by atoms with Crippen molar-refractivity contribution >= 4 is 27.4 Å². The van der Waals surface area contributed by atoms with Crippen LogP contribution in [0.25, 0.3) is 0 Å². The summed E-state index contributed by atoms with van der Waals surface area (Å²) in [6, 6.07) is 11.7. The van der Waals surface area contributed by atoms with Crippen molar-refractivity contribution < 1.29 is 17.9 Å². The van der Waals surface area contributed by atoms with Crippen LogP contribution >= 0.6 is 11.6 Å². The van der Waals surface area contributed by atoms with Crippen LogP contribution in [-0.4, -0.2) is 21.3 Å². The Balaban J connectivity index is 1.81. The Bertz CT molecular complexity index is 984. The van der Waals surface area contributed by atoms with Gasteiger partial charge in [-0.15, -0.1) is 0 Å². The number of sulfonamides is 1. The van der Waals surface area contributed by atoms with Gasteiger partial charge >= 0.3 is 0 Å². The molecule has 1 saturated carbocycles. The van der Waals surface area contributed by atoms with Crippen molar-refractivity contribution in [3.8, 4) is 5.75 Å². The molecule has 0 unspecified atom stereocenters. The number of ether oxygens (including phenoxy) is 1. The molecule has 0 amide bonds. The molecular formula is C20H22ClNO4S. The van der Waals surface area contributed by atoms with E-state index < -0.39 is 10.0 Å². The second-order valence-electron chi connectivity index (χ2n) is 7.49. The van der Waals surface area contributed by atoms with Crippen molar-refractivity contribution in [1.82, 2.24) is 0 Å². The third-order valence-electron chi connectivity index (χ3n) is 5.35. The van der Waals surface area contributed by atoms with Crippen LogP contribution in [0.2, 0.25) is 5.02 Å². The van der Waals surface area contributed by atoms with Crippen LogP contribution in [0.5, 0.6) is 5.75 Å². The van der Waals surface area contributed by atoms with Gasteiger partial charge in [0.25, 0.3) is 0 Å². The number of rotatable bonds is 6. The number of primary sulfonamides is 1. The fraction of sp³-hybridized carbons (Fsp3) is 0.350. The van der Waals surface area contributed by atoms with Gasteiger partial charge in [-0.05, 0) is 47.2 Å². The summed E-state index contributed by atoms with van der Waals surface area (Å²) in [7, 11) is -2.17. The van der Waals surface area contributed by atoms with Crippen molar-refractivity contribution in [3.63, 3.8) is 0 Å². The number of carbonyl (C=O) groups excluding carboxylic acids is 1. The molecule has 1 fully saturated rings. The lowest BCUT2D eigenvalue weighted by molar-refractivity contribution is -0.120. The Morgan fingerprint density at radius 2 is 1.81 bits per heavy atom. The number of Topliss-reactive ketones (excluding diaryl/α,β-unsaturated/α-hetero) is 1. The summed E-state index contributed by atoms with van der Waals surface area (Å²) in [6.45, 7) is 4.09. The van der Waals surface area contributed by atoms with Crippen molar-refractivity contribution in [2.45, 2.75) is 31.1 Å². The molecule has 5 nitrogen and oxygen atoms in total. The zero-order chi connectivity index (χ0) is 20.0. The smallest absolute Gasteiger partial charge is 0.238 e. The predicted octanol–water partition coefficient (Wildman–Crippen LogP) is 3.55. The first kappa shape index (κ1) is 19.9. The van der Waals surface area contributed by atoms with Gasteiger partial charge in [-0.1, -0.05) is 37.6 Å². The minimum Gasteiger partial charge on any atom is -0.496 e. The molecule has 2 N–H and O–H groups in total. The van der Waals surface area contributed by atoms with E-state index in [9.17, 15) is 13.2 Å². The molecule has 2 atom stereocenters. The maximum atomic E-state index is 13.0.